The molecular formula is C25H25N3O3. The maximum atomic E-state index is 13.9. The summed E-state index contributed by atoms with van der Waals surface area (Å²) in [4.78, 5) is 44.8. The van der Waals surface area contributed by atoms with Gasteiger partial charge in [-0.15, -0.1) is 0 Å². The molecule has 1 N–H and O–H groups in total. The Morgan fingerprint density at radius 2 is 1.77 bits per heavy atom. The van der Waals surface area contributed by atoms with E-state index in [1.54, 1.807) is 0 Å². The van der Waals surface area contributed by atoms with Gasteiger partial charge in [-0.2, -0.15) is 0 Å². The summed E-state index contributed by atoms with van der Waals surface area (Å²) in [6.45, 7) is 6.71. The van der Waals surface area contributed by atoms with Gasteiger partial charge in [0.25, 0.3) is 0 Å². The van der Waals surface area contributed by atoms with Gasteiger partial charge >= 0.3 is 0 Å². The first-order chi connectivity index (χ1) is 14.9. The fourth-order valence-electron chi connectivity index (χ4n) is 6.44. The van der Waals surface area contributed by atoms with Crippen LogP contribution in [0.4, 0.5) is 11.4 Å². The summed E-state index contributed by atoms with van der Waals surface area (Å²) in [7, 11) is 0. The first-order valence-electron chi connectivity index (χ1n) is 11.0. The molecule has 2 aromatic carbocycles. The van der Waals surface area contributed by atoms with Crippen LogP contribution in [0.15, 0.2) is 36.4 Å². The van der Waals surface area contributed by atoms with E-state index in [0.717, 1.165) is 47.3 Å². The number of amides is 3. The van der Waals surface area contributed by atoms with E-state index in [2.05, 4.69) is 10.2 Å². The first-order valence-corrected chi connectivity index (χ1v) is 11.0. The smallest absolute Gasteiger partial charge is 0.250 e. The molecule has 0 radical (unpaired) electrons. The van der Waals surface area contributed by atoms with Crippen molar-refractivity contribution in [1.82, 2.24) is 4.90 Å². The Morgan fingerprint density at radius 1 is 0.968 bits per heavy atom. The summed E-state index contributed by atoms with van der Waals surface area (Å²) in [6.07, 6.45) is 1.76. The molecule has 2 aromatic rings. The Bertz CT molecular complexity index is 1190. The summed E-state index contributed by atoms with van der Waals surface area (Å²) >= 11 is 0. The fourth-order valence-corrected chi connectivity index (χ4v) is 6.44. The van der Waals surface area contributed by atoms with Crippen molar-refractivity contribution < 1.29 is 14.4 Å². The molecule has 3 fully saturated rings. The highest BCUT2D eigenvalue weighted by molar-refractivity contribution is 6.25. The van der Waals surface area contributed by atoms with Crippen molar-refractivity contribution in [2.75, 3.05) is 16.8 Å². The lowest BCUT2D eigenvalue weighted by Crippen LogP contribution is -2.54. The molecule has 3 saturated heterocycles. The quantitative estimate of drug-likeness (QED) is 0.727. The molecule has 158 valence electrons. The number of nitrogens with one attached hydrogen (secondary N) is 1. The average Bonchev–Trinajstić information content (AvgIpc) is 3.43. The Balaban J connectivity index is 1.56. The van der Waals surface area contributed by atoms with Gasteiger partial charge in [0.15, 0.2) is 0 Å². The molecule has 4 atom stereocenters. The van der Waals surface area contributed by atoms with E-state index in [9.17, 15) is 14.4 Å². The largest absolute Gasteiger partial charge is 0.324 e. The van der Waals surface area contributed by atoms with Gasteiger partial charge in [0.1, 0.15) is 5.54 Å². The number of aryl methyl sites for hydroxylation is 3. The molecule has 6 nitrogen and oxygen atoms in total. The van der Waals surface area contributed by atoms with Crippen LogP contribution >= 0.6 is 0 Å². The van der Waals surface area contributed by atoms with Crippen LogP contribution in [0.1, 0.15) is 35.1 Å². The maximum absolute atomic E-state index is 13.9. The number of hydrogen-bond donors (Lipinski definition) is 1. The minimum absolute atomic E-state index is 0.0878. The normalized spacial score (nSPS) is 31.4. The highest BCUT2D eigenvalue weighted by atomic mass is 16.2. The highest BCUT2D eigenvalue weighted by Crippen LogP contribution is 2.60. The van der Waals surface area contributed by atoms with Crippen LogP contribution in [-0.4, -0.2) is 35.2 Å². The zero-order valence-electron chi connectivity index (χ0n) is 17.9. The van der Waals surface area contributed by atoms with Crippen molar-refractivity contribution >= 4 is 29.1 Å². The number of fused-ring (bicyclic) bond motifs is 7. The zero-order chi connectivity index (χ0) is 21.7. The SMILES string of the molecule is Cc1ccc2c(c1)[C@@]1(C(=O)N2)[C@@H]2C(=O)N(c3ccc(C)c(C)c3)C(=O)[C@@H]2[C@@H]2CCCN21. The van der Waals surface area contributed by atoms with Gasteiger partial charge in [0.05, 0.1) is 17.5 Å². The van der Waals surface area contributed by atoms with Crippen LogP contribution in [0, 0.1) is 32.6 Å². The average molecular weight is 415 g/mol. The van der Waals surface area contributed by atoms with Crippen molar-refractivity contribution in [2.45, 2.75) is 45.2 Å². The standard InChI is InChI=1S/C25H25N3O3/c1-13-6-9-18-17(11-13)25(24(31)26-18)21-20(19-5-4-10-27(19)25)22(29)28(23(21)30)16-8-7-14(2)15(3)12-16/h6-9,11-12,19-21H,4-5,10H2,1-3H3,(H,26,31)/t19-,20+,21-,25-/m0/s1. The minimum Gasteiger partial charge on any atom is -0.324 e. The van der Waals surface area contributed by atoms with E-state index >= 15 is 0 Å². The molecule has 0 aliphatic carbocycles. The lowest BCUT2D eigenvalue weighted by molar-refractivity contribution is -0.135. The molecule has 4 aliphatic heterocycles. The number of carbonyl (C=O) groups is 3. The van der Waals surface area contributed by atoms with Gasteiger partial charge in [0.2, 0.25) is 17.7 Å². The van der Waals surface area contributed by atoms with E-state index < -0.39 is 17.4 Å². The first kappa shape index (κ1) is 18.8. The number of benzene rings is 2. The van der Waals surface area contributed by atoms with E-state index in [1.807, 2.05) is 57.2 Å². The Kier molecular flexibility index (Phi) is 3.65. The van der Waals surface area contributed by atoms with E-state index in [4.69, 9.17) is 0 Å². The summed E-state index contributed by atoms with van der Waals surface area (Å²) in [5.74, 6) is -1.78. The third-order valence-electron chi connectivity index (χ3n) is 7.90. The van der Waals surface area contributed by atoms with E-state index in [0.29, 0.717) is 5.69 Å². The number of imide groups is 1. The third kappa shape index (κ3) is 2.13. The second-order valence-corrected chi connectivity index (χ2v) is 9.46. The van der Waals surface area contributed by atoms with Crippen LogP contribution in [0.3, 0.4) is 0 Å². The molecular weight excluding hydrogens is 390 g/mol. The predicted octanol–water partition coefficient (Wildman–Crippen LogP) is 3.04. The summed E-state index contributed by atoms with van der Waals surface area (Å²) < 4.78 is 0. The lowest BCUT2D eigenvalue weighted by Gasteiger charge is -2.36. The summed E-state index contributed by atoms with van der Waals surface area (Å²) in [5, 5.41) is 3.03. The van der Waals surface area contributed by atoms with Gasteiger partial charge < -0.3 is 5.32 Å². The summed E-state index contributed by atoms with van der Waals surface area (Å²) in [6, 6.07) is 11.5. The number of carbonyl (C=O) groups excluding carboxylic acids is 3. The molecule has 0 aromatic heterocycles. The summed E-state index contributed by atoms with van der Waals surface area (Å²) in [5.41, 5.74) is 4.29. The lowest BCUT2D eigenvalue weighted by atomic mass is 9.75. The number of nitrogens with zero attached hydrogens (tertiary/aromatic N) is 2. The van der Waals surface area contributed by atoms with Gasteiger partial charge in [0, 0.05) is 17.3 Å². The van der Waals surface area contributed by atoms with Crippen molar-refractivity contribution in [3.05, 3.63) is 58.7 Å². The topological polar surface area (TPSA) is 69.7 Å². The maximum Gasteiger partial charge on any atom is 0.250 e. The molecule has 0 unspecified atom stereocenters. The van der Waals surface area contributed by atoms with Gasteiger partial charge in [-0.3, -0.25) is 19.3 Å². The number of anilines is 2. The second-order valence-electron chi connectivity index (χ2n) is 9.46. The van der Waals surface area contributed by atoms with Gasteiger partial charge in [-0.1, -0.05) is 23.8 Å². The van der Waals surface area contributed by atoms with Crippen LogP contribution < -0.4 is 10.2 Å². The molecule has 0 bridgehead atoms. The Morgan fingerprint density at radius 3 is 2.55 bits per heavy atom. The third-order valence-corrected chi connectivity index (χ3v) is 7.90. The Hall–Kier alpha value is -2.99. The van der Waals surface area contributed by atoms with Gasteiger partial charge in [-0.05, 0) is 69.5 Å². The Labute approximate surface area is 181 Å². The van der Waals surface area contributed by atoms with Crippen LogP contribution in [0.5, 0.6) is 0 Å². The monoisotopic (exact) mass is 415 g/mol. The molecule has 4 aliphatic rings. The zero-order valence-corrected chi connectivity index (χ0v) is 17.9. The molecule has 4 heterocycles. The van der Waals surface area contributed by atoms with E-state index in [1.165, 1.54) is 4.90 Å². The predicted molar refractivity (Wildman–Crippen MR) is 117 cm³/mol. The van der Waals surface area contributed by atoms with Crippen molar-refractivity contribution in [3.8, 4) is 0 Å². The molecule has 6 rings (SSSR count). The molecule has 3 amide bonds. The second kappa shape index (κ2) is 6.04. The minimum atomic E-state index is -1.10. The van der Waals surface area contributed by atoms with Crippen LogP contribution in [0.2, 0.25) is 0 Å². The number of rotatable bonds is 1. The van der Waals surface area contributed by atoms with Crippen LogP contribution in [-0.2, 0) is 19.9 Å². The molecule has 1 spiro atoms. The van der Waals surface area contributed by atoms with Gasteiger partial charge in [-0.25, -0.2) is 4.90 Å². The van der Waals surface area contributed by atoms with E-state index in [-0.39, 0.29) is 23.8 Å². The fraction of sp³-hybridized carbons (Fsp3) is 0.400. The molecule has 31 heavy (non-hydrogen) atoms. The molecule has 0 saturated carbocycles. The number of hydrogen-bond acceptors (Lipinski definition) is 4. The highest BCUT2D eigenvalue weighted by Gasteiger charge is 2.74. The molecule has 6 heteroatoms. The van der Waals surface area contributed by atoms with Crippen molar-refractivity contribution in [1.29, 1.82) is 0 Å². The van der Waals surface area contributed by atoms with Crippen molar-refractivity contribution in [2.24, 2.45) is 11.8 Å². The van der Waals surface area contributed by atoms with Crippen molar-refractivity contribution in [3.63, 3.8) is 0 Å². The van der Waals surface area contributed by atoms with Crippen LogP contribution in [0.25, 0.3) is 0 Å².